The molecule has 114 valence electrons. The fraction of sp³-hybridized carbons (Fsp3) is 0.375. The Labute approximate surface area is 134 Å². The SMILES string of the molecule is CCCCc1c(Br)[nH]c(S(=O)(=O)c2ccc(C)cc2)c1C. The molecule has 3 nitrogen and oxygen atoms in total. The van der Waals surface area contributed by atoms with Crippen LogP contribution in [0.5, 0.6) is 0 Å². The van der Waals surface area contributed by atoms with Gasteiger partial charge in [-0.25, -0.2) is 8.42 Å². The molecule has 1 N–H and O–H groups in total. The lowest BCUT2D eigenvalue weighted by atomic mass is 10.1. The van der Waals surface area contributed by atoms with Crippen LogP contribution in [-0.2, 0) is 16.3 Å². The van der Waals surface area contributed by atoms with Gasteiger partial charge in [0.15, 0.2) is 0 Å². The van der Waals surface area contributed by atoms with Crippen LogP contribution >= 0.6 is 15.9 Å². The Hall–Kier alpha value is -1.07. The van der Waals surface area contributed by atoms with Crippen molar-refractivity contribution in [3.8, 4) is 0 Å². The number of aryl methyl sites for hydroxylation is 1. The van der Waals surface area contributed by atoms with E-state index in [9.17, 15) is 8.42 Å². The van der Waals surface area contributed by atoms with E-state index in [1.807, 2.05) is 26.0 Å². The van der Waals surface area contributed by atoms with Crippen molar-refractivity contribution < 1.29 is 8.42 Å². The molecule has 1 heterocycles. The molecule has 0 amide bonds. The van der Waals surface area contributed by atoms with Gasteiger partial charge < -0.3 is 4.98 Å². The zero-order valence-electron chi connectivity index (χ0n) is 12.5. The van der Waals surface area contributed by atoms with E-state index < -0.39 is 9.84 Å². The second kappa shape index (κ2) is 6.36. The van der Waals surface area contributed by atoms with Crippen LogP contribution in [0.15, 0.2) is 38.8 Å². The van der Waals surface area contributed by atoms with Crippen molar-refractivity contribution >= 4 is 25.8 Å². The van der Waals surface area contributed by atoms with E-state index in [4.69, 9.17) is 0 Å². The van der Waals surface area contributed by atoms with E-state index in [1.165, 1.54) is 0 Å². The summed E-state index contributed by atoms with van der Waals surface area (Å²) in [6.07, 6.45) is 3.00. The zero-order chi connectivity index (χ0) is 15.6. The fourth-order valence-electron chi connectivity index (χ4n) is 2.33. The molecule has 1 aromatic heterocycles. The summed E-state index contributed by atoms with van der Waals surface area (Å²) in [5.41, 5.74) is 2.92. The largest absolute Gasteiger partial charge is 0.340 e. The van der Waals surface area contributed by atoms with Crippen molar-refractivity contribution in [2.75, 3.05) is 0 Å². The molecular formula is C16H20BrNO2S. The Kier molecular flexibility index (Phi) is 4.94. The van der Waals surface area contributed by atoms with Gasteiger partial charge in [0.1, 0.15) is 5.03 Å². The van der Waals surface area contributed by atoms with Gasteiger partial charge in [-0.05, 0) is 65.9 Å². The normalized spacial score (nSPS) is 11.8. The summed E-state index contributed by atoms with van der Waals surface area (Å²) < 4.78 is 26.3. The lowest BCUT2D eigenvalue weighted by Crippen LogP contribution is -2.04. The molecule has 0 saturated heterocycles. The number of H-pyrrole nitrogens is 1. The van der Waals surface area contributed by atoms with Gasteiger partial charge in [0.25, 0.3) is 0 Å². The molecule has 0 saturated carbocycles. The molecule has 0 bridgehead atoms. The van der Waals surface area contributed by atoms with Crippen molar-refractivity contribution in [3.05, 3.63) is 45.6 Å². The minimum Gasteiger partial charge on any atom is -0.340 e. The van der Waals surface area contributed by atoms with E-state index in [1.54, 1.807) is 12.1 Å². The second-order valence-corrected chi connectivity index (χ2v) is 7.97. The number of aromatic amines is 1. The molecule has 2 rings (SSSR count). The molecule has 2 aromatic rings. The average Bonchev–Trinajstić information content (AvgIpc) is 2.73. The Bertz CT molecular complexity index is 730. The number of sulfone groups is 1. The third-order valence-corrected chi connectivity index (χ3v) is 6.18. The molecule has 5 heteroatoms. The molecule has 0 unspecified atom stereocenters. The topological polar surface area (TPSA) is 49.9 Å². The summed E-state index contributed by atoms with van der Waals surface area (Å²) in [7, 11) is -3.50. The summed E-state index contributed by atoms with van der Waals surface area (Å²) in [5.74, 6) is 0. The van der Waals surface area contributed by atoms with Crippen molar-refractivity contribution in [1.82, 2.24) is 4.98 Å². The third-order valence-electron chi connectivity index (χ3n) is 3.66. The number of halogens is 1. The monoisotopic (exact) mass is 369 g/mol. The molecule has 0 radical (unpaired) electrons. The third kappa shape index (κ3) is 3.24. The molecular weight excluding hydrogens is 350 g/mol. The Morgan fingerprint density at radius 2 is 1.76 bits per heavy atom. The van der Waals surface area contributed by atoms with Gasteiger partial charge in [0.05, 0.1) is 9.50 Å². The van der Waals surface area contributed by atoms with E-state index in [-0.39, 0.29) is 0 Å². The first-order chi connectivity index (χ1) is 9.87. The highest BCUT2D eigenvalue weighted by Gasteiger charge is 2.25. The second-order valence-electron chi connectivity index (χ2n) is 5.29. The summed E-state index contributed by atoms with van der Waals surface area (Å²) in [4.78, 5) is 3.33. The van der Waals surface area contributed by atoms with E-state index in [2.05, 4.69) is 27.8 Å². The molecule has 0 spiro atoms. The van der Waals surface area contributed by atoms with Crippen molar-refractivity contribution in [3.63, 3.8) is 0 Å². The maximum atomic E-state index is 12.8. The van der Waals surface area contributed by atoms with Gasteiger partial charge in [-0.3, -0.25) is 0 Å². The van der Waals surface area contributed by atoms with Gasteiger partial charge in [-0.1, -0.05) is 31.0 Å². The number of aromatic nitrogens is 1. The molecule has 0 aliphatic heterocycles. The first-order valence-corrected chi connectivity index (χ1v) is 9.34. The summed E-state index contributed by atoms with van der Waals surface area (Å²) in [6, 6.07) is 6.95. The molecule has 0 fully saturated rings. The highest BCUT2D eigenvalue weighted by atomic mass is 79.9. The highest BCUT2D eigenvalue weighted by Crippen LogP contribution is 2.31. The van der Waals surface area contributed by atoms with Crippen LogP contribution in [-0.4, -0.2) is 13.4 Å². The number of rotatable bonds is 5. The van der Waals surface area contributed by atoms with Gasteiger partial charge in [0.2, 0.25) is 9.84 Å². The quantitative estimate of drug-likeness (QED) is 0.838. The molecule has 0 aliphatic carbocycles. The first-order valence-electron chi connectivity index (χ1n) is 7.06. The van der Waals surface area contributed by atoms with Gasteiger partial charge >= 0.3 is 0 Å². The fourth-order valence-corrected chi connectivity index (χ4v) is 4.64. The minimum absolute atomic E-state index is 0.296. The predicted molar refractivity (Wildman–Crippen MR) is 88.5 cm³/mol. The van der Waals surface area contributed by atoms with Crippen LogP contribution in [0.2, 0.25) is 0 Å². The molecule has 0 aliphatic rings. The van der Waals surface area contributed by atoms with Gasteiger partial charge in [0, 0.05) is 0 Å². The molecule has 0 atom stereocenters. The van der Waals surface area contributed by atoms with Gasteiger partial charge in [-0.2, -0.15) is 0 Å². The van der Waals surface area contributed by atoms with Crippen LogP contribution in [0, 0.1) is 13.8 Å². The summed E-state index contributed by atoms with van der Waals surface area (Å²) in [6.45, 7) is 5.93. The minimum atomic E-state index is -3.50. The van der Waals surface area contributed by atoms with E-state index >= 15 is 0 Å². The van der Waals surface area contributed by atoms with Crippen LogP contribution in [0.1, 0.15) is 36.5 Å². The maximum absolute atomic E-state index is 12.8. The Balaban J connectivity index is 2.48. The summed E-state index contributed by atoms with van der Waals surface area (Å²) >= 11 is 3.45. The summed E-state index contributed by atoms with van der Waals surface area (Å²) in [5, 5.41) is 0.296. The number of unbranched alkanes of at least 4 members (excludes halogenated alkanes) is 1. The highest BCUT2D eigenvalue weighted by molar-refractivity contribution is 9.10. The first kappa shape index (κ1) is 16.3. The Morgan fingerprint density at radius 3 is 2.33 bits per heavy atom. The van der Waals surface area contributed by atoms with Crippen LogP contribution in [0.4, 0.5) is 0 Å². The lowest BCUT2D eigenvalue weighted by molar-refractivity contribution is 0.592. The smallest absolute Gasteiger partial charge is 0.222 e. The number of hydrogen-bond donors (Lipinski definition) is 1. The Morgan fingerprint density at radius 1 is 1.14 bits per heavy atom. The number of nitrogens with one attached hydrogen (secondary N) is 1. The average molecular weight is 370 g/mol. The van der Waals surface area contributed by atoms with Crippen LogP contribution in [0.3, 0.4) is 0 Å². The lowest BCUT2D eigenvalue weighted by Gasteiger charge is -2.05. The maximum Gasteiger partial charge on any atom is 0.222 e. The number of hydrogen-bond acceptors (Lipinski definition) is 2. The number of benzene rings is 1. The van der Waals surface area contributed by atoms with Crippen LogP contribution < -0.4 is 0 Å². The predicted octanol–water partition coefficient (Wildman–Crippen LogP) is 4.57. The van der Waals surface area contributed by atoms with E-state index in [0.717, 1.165) is 40.6 Å². The zero-order valence-corrected chi connectivity index (χ0v) is 14.9. The van der Waals surface area contributed by atoms with Gasteiger partial charge in [-0.15, -0.1) is 0 Å². The van der Waals surface area contributed by atoms with Crippen molar-refractivity contribution in [2.24, 2.45) is 0 Å². The standard InChI is InChI=1S/C16H20BrNO2S/c1-4-5-6-14-12(3)16(18-15(14)17)21(19,20)13-9-7-11(2)8-10-13/h7-10,18H,4-6H2,1-3H3. The van der Waals surface area contributed by atoms with Crippen molar-refractivity contribution in [1.29, 1.82) is 0 Å². The molecule has 21 heavy (non-hydrogen) atoms. The van der Waals surface area contributed by atoms with Crippen LogP contribution in [0.25, 0.3) is 0 Å². The van der Waals surface area contributed by atoms with E-state index in [0.29, 0.717) is 9.92 Å². The molecule has 1 aromatic carbocycles. The van der Waals surface area contributed by atoms with Crippen molar-refractivity contribution in [2.45, 2.75) is 50.0 Å².